The molecule has 5 heteroatoms. The molecule has 0 aliphatic carbocycles. The fourth-order valence-corrected chi connectivity index (χ4v) is 3.69. The van der Waals surface area contributed by atoms with Gasteiger partial charge >= 0.3 is 0 Å². The number of hydrogen-bond acceptors (Lipinski definition) is 3. The van der Waals surface area contributed by atoms with Crippen molar-refractivity contribution in [3.63, 3.8) is 0 Å². The molecule has 0 radical (unpaired) electrons. The minimum Gasteiger partial charge on any atom is -0.287 e. The number of amides is 1. The molecular weight excluding hydrogens is 347 g/mol. The number of carbonyl (C=O) groups excluding carboxylic acids is 1. The highest BCUT2D eigenvalue weighted by Gasteiger charge is 2.32. The Kier molecular flexibility index (Phi) is 5.57. The van der Waals surface area contributed by atoms with E-state index in [-0.39, 0.29) is 11.7 Å². The SMILES string of the molecule is CCN1C(=O)/C(=C\c2ccc(C(C)C)cc2)SC1=Nc1ccc(F)cc1. The van der Waals surface area contributed by atoms with Crippen LogP contribution in [-0.2, 0) is 4.79 Å². The lowest BCUT2D eigenvalue weighted by Crippen LogP contribution is -2.28. The molecule has 0 saturated carbocycles. The van der Waals surface area contributed by atoms with Crippen LogP contribution in [0.2, 0.25) is 0 Å². The quantitative estimate of drug-likeness (QED) is 0.661. The Hall–Kier alpha value is -2.40. The highest BCUT2D eigenvalue weighted by Crippen LogP contribution is 2.34. The molecule has 2 aromatic carbocycles. The third-order valence-corrected chi connectivity index (χ3v) is 5.16. The molecule has 0 bridgehead atoms. The number of aliphatic imine (C=N–C) groups is 1. The Labute approximate surface area is 157 Å². The standard InChI is InChI=1S/C21H21FN2OS/c1-4-24-20(25)19(13-15-5-7-16(8-6-15)14(2)3)26-21(24)23-18-11-9-17(22)10-12-18/h5-14H,4H2,1-3H3/b19-13+,23-21?. The van der Waals surface area contributed by atoms with Crippen LogP contribution < -0.4 is 0 Å². The smallest absolute Gasteiger partial charge is 0.266 e. The van der Waals surface area contributed by atoms with Gasteiger partial charge in [-0.25, -0.2) is 9.38 Å². The Morgan fingerprint density at radius 2 is 1.77 bits per heavy atom. The molecule has 3 nitrogen and oxygen atoms in total. The predicted octanol–water partition coefficient (Wildman–Crippen LogP) is 5.57. The Balaban J connectivity index is 1.87. The number of carbonyl (C=O) groups is 1. The highest BCUT2D eigenvalue weighted by molar-refractivity contribution is 8.18. The first-order valence-corrected chi connectivity index (χ1v) is 9.45. The molecule has 0 aromatic heterocycles. The van der Waals surface area contributed by atoms with Gasteiger partial charge in [-0.15, -0.1) is 0 Å². The first kappa shape index (κ1) is 18.4. The molecule has 0 spiro atoms. The minimum atomic E-state index is -0.304. The summed E-state index contributed by atoms with van der Waals surface area (Å²) in [5, 5.41) is 0.620. The Bertz CT molecular complexity index is 855. The third kappa shape index (κ3) is 4.05. The minimum absolute atomic E-state index is 0.0497. The fourth-order valence-electron chi connectivity index (χ4n) is 2.62. The lowest BCUT2D eigenvalue weighted by Gasteiger charge is -2.11. The van der Waals surface area contributed by atoms with Crippen LogP contribution in [0, 0.1) is 5.82 Å². The normalized spacial score (nSPS) is 17.7. The van der Waals surface area contributed by atoms with Gasteiger partial charge in [0.2, 0.25) is 0 Å². The Morgan fingerprint density at radius 1 is 1.12 bits per heavy atom. The summed E-state index contributed by atoms with van der Waals surface area (Å²) >= 11 is 1.35. The molecule has 1 amide bonds. The zero-order valence-electron chi connectivity index (χ0n) is 15.1. The Morgan fingerprint density at radius 3 is 2.35 bits per heavy atom. The molecule has 2 aromatic rings. The van der Waals surface area contributed by atoms with E-state index in [1.54, 1.807) is 17.0 Å². The largest absolute Gasteiger partial charge is 0.287 e. The van der Waals surface area contributed by atoms with E-state index in [2.05, 4.69) is 31.0 Å². The van der Waals surface area contributed by atoms with Gasteiger partial charge in [0, 0.05) is 6.54 Å². The summed E-state index contributed by atoms with van der Waals surface area (Å²) in [5.74, 6) is 0.123. The number of amidine groups is 1. The van der Waals surface area contributed by atoms with Crippen molar-refractivity contribution in [2.75, 3.05) is 6.54 Å². The van der Waals surface area contributed by atoms with Crippen LogP contribution in [0.3, 0.4) is 0 Å². The summed E-state index contributed by atoms with van der Waals surface area (Å²) in [6.45, 7) is 6.76. The molecule has 1 aliphatic rings. The average molecular weight is 368 g/mol. The summed E-state index contributed by atoms with van der Waals surface area (Å²) in [4.78, 5) is 19.5. The maximum atomic E-state index is 13.1. The molecular formula is C21H21FN2OS. The second-order valence-corrected chi connectivity index (χ2v) is 7.36. The van der Waals surface area contributed by atoms with Crippen molar-refractivity contribution in [2.24, 2.45) is 4.99 Å². The van der Waals surface area contributed by atoms with E-state index in [0.717, 1.165) is 5.56 Å². The first-order chi connectivity index (χ1) is 12.5. The van der Waals surface area contributed by atoms with Crippen molar-refractivity contribution in [2.45, 2.75) is 26.7 Å². The monoisotopic (exact) mass is 368 g/mol. The van der Waals surface area contributed by atoms with Crippen LogP contribution in [0.4, 0.5) is 10.1 Å². The fraction of sp³-hybridized carbons (Fsp3) is 0.238. The number of benzene rings is 2. The summed E-state index contributed by atoms with van der Waals surface area (Å²) in [6.07, 6.45) is 1.90. The number of thioether (sulfide) groups is 1. The van der Waals surface area contributed by atoms with Gasteiger partial charge in [0.05, 0.1) is 10.6 Å². The van der Waals surface area contributed by atoms with Crippen LogP contribution >= 0.6 is 11.8 Å². The predicted molar refractivity (Wildman–Crippen MR) is 107 cm³/mol. The van der Waals surface area contributed by atoms with Gasteiger partial charge in [-0.1, -0.05) is 38.1 Å². The van der Waals surface area contributed by atoms with E-state index < -0.39 is 0 Å². The van der Waals surface area contributed by atoms with E-state index in [4.69, 9.17) is 0 Å². The summed E-state index contributed by atoms with van der Waals surface area (Å²) < 4.78 is 13.1. The van der Waals surface area contributed by atoms with Gasteiger partial charge in [-0.05, 0) is 66.1 Å². The molecule has 3 rings (SSSR count). The van der Waals surface area contributed by atoms with Crippen molar-refractivity contribution >= 4 is 34.6 Å². The van der Waals surface area contributed by atoms with Crippen LogP contribution in [0.5, 0.6) is 0 Å². The summed E-state index contributed by atoms with van der Waals surface area (Å²) in [6, 6.07) is 14.2. The lowest BCUT2D eigenvalue weighted by molar-refractivity contribution is -0.122. The van der Waals surface area contributed by atoms with Gasteiger partial charge in [0.15, 0.2) is 5.17 Å². The second-order valence-electron chi connectivity index (χ2n) is 6.35. The van der Waals surface area contributed by atoms with Crippen LogP contribution in [-0.4, -0.2) is 22.5 Å². The van der Waals surface area contributed by atoms with Gasteiger partial charge < -0.3 is 0 Å². The van der Waals surface area contributed by atoms with E-state index in [1.165, 1.54) is 29.5 Å². The zero-order valence-corrected chi connectivity index (χ0v) is 15.9. The zero-order chi connectivity index (χ0) is 18.7. The first-order valence-electron chi connectivity index (χ1n) is 8.63. The summed E-state index contributed by atoms with van der Waals surface area (Å²) in [5.41, 5.74) is 2.89. The maximum Gasteiger partial charge on any atom is 0.266 e. The molecule has 1 fully saturated rings. The van der Waals surface area contributed by atoms with Crippen molar-refractivity contribution in [3.05, 3.63) is 70.4 Å². The molecule has 0 unspecified atom stereocenters. The maximum absolute atomic E-state index is 13.1. The molecule has 0 N–H and O–H groups in total. The van der Waals surface area contributed by atoms with Crippen LogP contribution in [0.25, 0.3) is 6.08 Å². The highest BCUT2D eigenvalue weighted by atomic mass is 32.2. The molecule has 0 atom stereocenters. The number of hydrogen-bond donors (Lipinski definition) is 0. The molecule has 1 heterocycles. The number of rotatable bonds is 4. The van der Waals surface area contributed by atoms with E-state index in [1.807, 2.05) is 25.1 Å². The van der Waals surface area contributed by atoms with Gasteiger partial charge in [-0.3, -0.25) is 9.69 Å². The third-order valence-electron chi connectivity index (χ3n) is 4.16. The lowest BCUT2D eigenvalue weighted by atomic mass is 10.0. The average Bonchev–Trinajstić information content (AvgIpc) is 2.92. The topological polar surface area (TPSA) is 32.7 Å². The van der Waals surface area contributed by atoms with Crippen LogP contribution in [0.1, 0.15) is 37.8 Å². The number of likely N-dealkylation sites (N-methyl/N-ethyl adjacent to an activating group) is 1. The van der Waals surface area contributed by atoms with E-state index >= 15 is 0 Å². The van der Waals surface area contributed by atoms with Crippen molar-refractivity contribution in [1.29, 1.82) is 0 Å². The molecule has 26 heavy (non-hydrogen) atoms. The van der Waals surface area contributed by atoms with Gasteiger partial charge in [0.1, 0.15) is 5.82 Å². The van der Waals surface area contributed by atoms with Crippen LogP contribution in [0.15, 0.2) is 58.4 Å². The second kappa shape index (κ2) is 7.87. The van der Waals surface area contributed by atoms with Crippen molar-refractivity contribution < 1.29 is 9.18 Å². The van der Waals surface area contributed by atoms with Crippen molar-refractivity contribution in [1.82, 2.24) is 4.90 Å². The van der Waals surface area contributed by atoms with Gasteiger partial charge in [-0.2, -0.15) is 0 Å². The number of nitrogens with zero attached hydrogens (tertiary/aromatic N) is 2. The number of halogens is 1. The molecule has 1 saturated heterocycles. The van der Waals surface area contributed by atoms with E-state index in [0.29, 0.717) is 28.2 Å². The molecule has 134 valence electrons. The molecule has 1 aliphatic heterocycles. The van der Waals surface area contributed by atoms with E-state index in [9.17, 15) is 9.18 Å². The van der Waals surface area contributed by atoms with Crippen molar-refractivity contribution in [3.8, 4) is 0 Å². The summed E-state index contributed by atoms with van der Waals surface area (Å²) in [7, 11) is 0. The van der Waals surface area contributed by atoms with Gasteiger partial charge in [0.25, 0.3) is 5.91 Å².